The van der Waals surface area contributed by atoms with Crippen LogP contribution >= 0.6 is 11.3 Å². The molecule has 0 atom stereocenters. The summed E-state index contributed by atoms with van der Waals surface area (Å²) in [6, 6.07) is 9.81. The number of amides is 1. The molecule has 0 unspecified atom stereocenters. The van der Waals surface area contributed by atoms with Crippen molar-refractivity contribution in [2.45, 2.75) is 6.92 Å². The van der Waals surface area contributed by atoms with Crippen LogP contribution in [-0.4, -0.2) is 17.9 Å². The first-order valence-electron chi connectivity index (χ1n) is 6.60. The summed E-state index contributed by atoms with van der Waals surface area (Å²) < 4.78 is 1.21. The van der Waals surface area contributed by atoms with Gasteiger partial charge in [0.25, 0.3) is 5.91 Å². The number of hydrogen-bond acceptors (Lipinski definition) is 4. The third kappa shape index (κ3) is 2.73. The van der Waals surface area contributed by atoms with Crippen LogP contribution < -0.4 is 10.6 Å². The molecule has 1 amide bonds. The fraction of sp³-hybridized carbons (Fsp3) is 0.125. The molecule has 4 nitrogen and oxygen atoms in total. The maximum atomic E-state index is 12.4. The molecule has 0 bridgehead atoms. The molecule has 0 radical (unpaired) electrons. The van der Waals surface area contributed by atoms with Crippen LogP contribution in [0.5, 0.6) is 0 Å². The highest BCUT2D eigenvalue weighted by atomic mass is 32.1. The SMILES string of the molecule is CNc1cc(C)ncc1C(=O)Nc1ccc2sccc2c1. The molecule has 0 fully saturated rings. The lowest BCUT2D eigenvalue weighted by molar-refractivity contribution is 0.102. The van der Waals surface area contributed by atoms with Gasteiger partial charge in [-0.05, 0) is 48.0 Å². The van der Waals surface area contributed by atoms with E-state index in [-0.39, 0.29) is 5.91 Å². The molecule has 1 aromatic carbocycles. The smallest absolute Gasteiger partial charge is 0.259 e. The molecule has 0 aliphatic rings. The number of fused-ring (bicyclic) bond motifs is 1. The first-order valence-corrected chi connectivity index (χ1v) is 7.48. The molecule has 0 saturated heterocycles. The molecule has 0 aliphatic heterocycles. The minimum Gasteiger partial charge on any atom is -0.387 e. The number of carbonyl (C=O) groups is 1. The number of rotatable bonds is 3. The minimum absolute atomic E-state index is 0.165. The van der Waals surface area contributed by atoms with Crippen LogP contribution in [0.3, 0.4) is 0 Å². The minimum atomic E-state index is -0.165. The quantitative estimate of drug-likeness (QED) is 0.771. The second-order valence-electron chi connectivity index (χ2n) is 4.75. The van der Waals surface area contributed by atoms with Crippen molar-refractivity contribution in [1.82, 2.24) is 4.98 Å². The highest BCUT2D eigenvalue weighted by Gasteiger charge is 2.12. The van der Waals surface area contributed by atoms with E-state index in [1.807, 2.05) is 42.6 Å². The number of aryl methyl sites for hydroxylation is 1. The van der Waals surface area contributed by atoms with E-state index in [0.29, 0.717) is 5.56 Å². The highest BCUT2D eigenvalue weighted by Crippen LogP contribution is 2.25. The van der Waals surface area contributed by atoms with Crippen LogP contribution in [0.1, 0.15) is 16.1 Å². The van der Waals surface area contributed by atoms with Crippen LogP contribution in [0.25, 0.3) is 10.1 Å². The fourth-order valence-corrected chi connectivity index (χ4v) is 2.96. The van der Waals surface area contributed by atoms with Gasteiger partial charge < -0.3 is 10.6 Å². The van der Waals surface area contributed by atoms with Gasteiger partial charge in [-0.25, -0.2) is 0 Å². The zero-order chi connectivity index (χ0) is 14.8. The van der Waals surface area contributed by atoms with Gasteiger partial charge in [0.2, 0.25) is 0 Å². The first kappa shape index (κ1) is 13.6. The van der Waals surface area contributed by atoms with E-state index in [0.717, 1.165) is 22.5 Å². The zero-order valence-corrected chi connectivity index (χ0v) is 12.6. The van der Waals surface area contributed by atoms with Crippen molar-refractivity contribution in [1.29, 1.82) is 0 Å². The predicted molar refractivity (Wildman–Crippen MR) is 88.3 cm³/mol. The van der Waals surface area contributed by atoms with Gasteiger partial charge in [0.15, 0.2) is 0 Å². The zero-order valence-electron chi connectivity index (χ0n) is 11.8. The van der Waals surface area contributed by atoms with Crippen molar-refractivity contribution in [2.24, 2.45) is 0 Å². The molecular weight excluding hydrogens is 282 g/mol. The molecule has 0 saturated carbocycles. The van der Waals surface area contributed by atoms with Crippen molar-refractivity contribution in [3.8, 4) is 0 Å². The van der Waals surface area contributed by atoms with Crippen molar-refractivity contribution in [3.63, 3.8) is 0 Å². The number of nitrogens with zero attached hydrogens (tertiary/aromatic N) is 1. The van der Waals surface area contributed by atoms with Crippen molar-refractivity contribution in [3.05, 3.63) is 53.2 Å². The third-order valence-corrected chi connectivity index (χ3v) is 4.16. The number of hydrogen-bond donors (Lipinski definition) is 2. The van der Waals surface area contributed by atoms with Gasteiger partial charge in [0.05, 0.1) is 11.3 Å². The summed E-state index contributed by atoms with van der Waals surface area (Å²) in [5.41, 5.74) is 2.97. The van der Waals surface area contributed by atoms with Gasteiger partial charge in [0.1, 0.15) is 0 Å². The molecule has 3 aromatic rings. The average Bonchev–Trinajstić information content (AvgIpc) is 2.94. The molecule has 0 aliphatic carbocycles. The highest BCUT2D eigenvalue weighted by molar-refractivity contribution is 7.17. The Morgan fingerprint density at radius 2 is 2.10 bits per heavy atom. The molecular formula is C16H15N3OS. The normalized spacial score (nSPS) is 10.6. The van der Waals surface area contributed by atoms with Gasteiger partial charge >= 0.3 is 0 Å². The molecule has 21 heavy (non-hydrogen) atoms. The molecule has 2 N–H and O–H groups in total. The summed E-state index contributed by atoms with van der Waals surface area (Å²) in [5.74, 6) is -0.165. The number of aromatic nitrogens is 1. The molecule has 5 heteroatoms. The lowest BCUT2D eigenvalue weighted by Crippen LogP contribution is -2.14. The van der Waals surface area contributed by atoms with E-state index < -0.39 is 0 Å². The van der Waals surface area contributed by atoms with Gasteiger partial charge in [-0.2, -0.15) is 0 Å². The summed E-state index contributed by atoms with van der Waals surface area (Å²) >= 11 is 1.69. The Bertz CT molecular complexity index is 810. The fourth-order valence-electron chi connectivity index (χ4n) is 2.19. The van der Waals surface area contributed by atoms with Gasteiger partial charge in [-0.1, -0.05) is 0 Å². The second kappa shape index (κ2) is 5.54. The van der Waals surface area contributed by atoms with Gasteiger partial charge in [-0.15, -0.1) is 11.3 Å². The van der Waals surface area contributed by atoms with Crippen molar-refractivity contribution >= 4 is 38.7 Å². The number of benzene rings is 1. The number of pyridine rings is 1. The summed E-state index contributed by atoms with van der Waals surface area (Å²) in [6.45, 7) is 1.90. The van der Waals surface area contributed by atoms with Crippen LogP contribution in [0.4, 0.5) is 11.4 Å². The molecule has 0 spiro atoms. The largest absolute Gasteiger partial charge is 0.387 e. The van der Waals surface area contributed by atoms with E-state index >= 15 is 0 Å². The maximum absolute atomic E-state index is 12.4. The molecule has 2 heterocycles. The van der Waals surface area contributed by atoms with Crippen LogP contribution in [0.15, 0.2) is 41.9 Å². The summed E-state index contributed by atoms with van der Waals surface area (Å²) in [4.78, 5) is 16.6. The Balaban J connectivity index is 1.88. The van der Waals surface area contributed by atoms with Crippen LogP contribution in [0, 0.1) is 6.92 Å². The van der Waals surface area contributed by atoms with Crippen molar-refractivity contribution in [2.75, 3.05) is 17.7 Å². The standard InChI is InChI=1S/C16H15N3OS/c1-10-7-14(17-2)13(9-18-10)16(20)19-12-3-4-15-11(8-12)5-6-21-15/h3-9H,1-2H3,(H,17,18)(H,19,20). The van der Waals surface area contributed by atoms with E-state index in [9.17, 15) is 4.79 Å². The lowest BCUT2D eigenvalue weighted by Gasteiger charge is -2.10. The number of thiophene rings is 1. The molecule has 106 valence electrons. The Morgan fingerprint density at radius 1 is 1.24 bits per heavy atom. The van der Waals surface area contributed by atoms with Gasteiger partial charge in [-0.3, -0.25) is 9.78 Å². The monoisotopic (exact) mass is 297 g/mol. The van der Waals surface area contributed by atoms with Crippen molar-refractivity contribution < 1.29 is 4.79 Å². The Labute approximate surface area is 126 Å². The number of nitrogens with one attached hydrogen (secondary N) is 2. The second-order valence-corrected chi connectivity index (χ2v) is 5.70. The Kier molecular flexibility index (Phi) is 3.58. The number of anilines is 2. The van der Waals surface area contributed by atoms with E-state index in [1.54, 1.807) is 24.6 Å². The summed E-state index contributed by atoms with van der Waals surface area (Å²) in [6.07, 6.45) is 1.60. The van der Waals surface area contributed by atoms with E-state index in [1.165, 1.54) is 4.70 Å². The maximum Gasteiger partial charge on any atom is 0.259 e. The van der Waals surface area contributed by atoms with E-state index in [4.69, 9.17) is 0 Å². The third-order valence-electron chi connectivity index (χ3n) is 3.26. The van der Waals surface area contributed by atoms with E-state index in [2.05, 4.69) is 15.6 Å². The Hall–Kier alpha value is -2.40. The summed E-state index contributed by atoms with van der Waals surface area (Å²) in [5, 5.41) is 9.12. The van der Waals surface area contributed by atoms with Crippen LogP contribution in [0.2, 0.25) is 0 Å². The Morgan fingerprint density at radius 3 is 2.90 bits per heavy atom. The number of carbonyl (C=O) groups excluding carboxylic acids is 1. The molecule has 3 rings (SSSR count). The molecule has 2 aromatic heterocycles. The lowest BCUT2D eigenvalue weighted by atomic mass is 10.2. The van der Waals surface area contributed by atoms with Crippen LogP contribution in [-0.2, 0) is 0 Å². The average molecular weight is 297 g/mol. The summed E-state index contributed by atoms with van der Waals surface area (Å²) in [7, 11) is 1.79. The first-order chi connectivity index (χ1) is 10.2. The van der Waals surface area contributed by atoms with Gasteiger partial charge in [0, 0.05) is 29.3 Å². The predicted octanol–water partition coefficient (Wildman–Crippen LogP) is 3.90. The topological polar surface area (TPSA) is 54.0 Å².